The van der Waals surface area contributed by atoms with E-state index in [0.29, 0.717) is 0 Å². The molecular weight excluding hydrogens is 398 g/mol. The van der Waals surface area contributed by atoms with Gasteiger partial charge in [0.25, 0.3) is 0 Å². The molecule has 6 nitrogen and oxygen atoms in total. The lowest BCUT2D eigenvalue weighted by Gasteiger charge is -2.29. The van der Waals surface area contributed by atoms with Gasteiger partial charge in [-0.05, 0) is 82.9 Å². The number of ether oxygens (including phenoxy) is 1. The maximum atomic E-state index is 6.05. The molecule has 0 radical (unpaired) electrons. The Balaban J connectivity index is 1.26. The van der Waals surface area contributed by atoms with Gasteiger partial charge in [-0.3, -0.25) is 14.9 Å². The zero-order valence-corrected chi connectivity index (χ0v) is 19.8. The van der Waals surface area contributed by atoms with Crippen LogP contribution in [0.3, 0.4) is 0 Å². The zero-order chi connectivity index (χ0) is 22.2. The van der Waals surface area contributed by atoms with Crippen molar-refractivity contribution in [1.29, 1.82) is 0 Å². The first kappa shape index (κ1) is 23.1. The van der Waals surface area contributed by atoms with Crippen LogP contribution in [0.15, 0.2) is 36.7 Å². The van der Waals surface area contributed by atoms with E-state index in [0.717, 1.165) is 73.9 Å². The van der Waals surface area contributed by atoms with Crippen molar-refractivity contribution in [1.82, 2.24) is 25.1 Å². The van der Waals surface area contributed by atoms with Gasteiger partial charge >= 0.3 is 0 Å². The molecule has 174 valence electrons. The second-order valence-corrected chi connectivity index (χ2v) is 9.68. The van der Waals surface area contributed by atoms with E-state index in [-0.39, 0.29) is 0 Å². The summed E-state index contributed by atoms with van der Waals surface area (Å²) < 4.78 is 6.05. The Morgan fingerprint density at radius 3 is 2.66 bits per heavy atom. The standard InChI is InChI=1S/C26H39N5O/c1-21-8-12-31(13-9-21)14-15-32-25-5-3-4-23(16-25)26-18-28-24(17-29-26)20-30(2)19-22-6-10-27-11-7-22/h3-5,16-18,21-22,27H,6-15,19-20H2,1-2H3. The largest absolute Gasteiger partial charge is 0.492 e. The fraction of sp³-hybridized carbons (Fsp3) is 0.615. The predicted octanol–water partition coefficient (Wildman–Crippen LogP) is 3.69. The molecule has 0 aliphatic carbocycles. The molecule has 0 spiro atoms. The minimum atomic E-state index is 0.728. The summed E-state index contributed by atoms with van der Waals surface area (Å²) in [6.45, 7) is 10.7. The highest BCUT2D eigenvalue weighted by Gasteiger charge is 2.16. The highest BCUT2D eigenvalue weighted by Crippen LogP contribution is 2.22. The van der Waals surface area contributed by atoms with Gasteiger partial charge in [0.1, 0.15) is 12.4 Å². The molecule has 0 atom stereocenters. The molecule has 0 bridgehead atoms. The van der Waals surface area contributed by atoms with Crippen molar-refractivity contribution in [2.24, 2.45) is 11.8 Å². The second-order valence-electron chi connectivity index (χ2n) is 9.68. The van der Waals surface area contributed by atoms with E-state index in [1.165, 1.54) is 38.8 Å². The number of hydrogen-bond acceptors (Lipinski definition) is 6. The molecule has 0 amide bonds. The van der Waals surface area contributed by atoms with Crippen LogP contribution in [0.1, 0.15) is 38.3 Å². The summed E-state index contributed by atoms with van der Waals surface area (Å²) in [5, 5.41) is 3.44. The molecule has 1 N–H and O–H groups in total. The van der Waals surface area contributed by atoms with E-state index in [4.69, 9.17) is 4.74 Å². The molecule has 0 saturated carbocycles. The van der Waals surface area contributed by atoms with E-state index < -0.39 is 0 Å². The normalized spacial score (nSPS) is 18.8. The van der Waals surface area contributed by atoms with Crippen LogP contribution in [0.25, 0.3) is 11.3 Å². The fourth-order valence-corrected chi connectivity index (χ4v) is 4.76. The zero-order valence-electron chi connectivity index (χ0n) is 19.8. The third kappa shape index (κ3) is 6.99. The first-order valence-electron chi connectivity index (χ1n) is 12.3. The van der Waals surface area contributed by atoms with E-state index >= 15 is 0 Å². The summed E-state index contributed by atoms with van der Waals surface area (Å²) in [5.41, 5.74) is 2.97. The first-order chi connectivity index (χ1) is 15.7. The Labute approximate surface area is 193 Å². The van der Waals surface area contributed by atoms with Crippen LogP contribution in [0.2, 0.25) is 0 Å². The van der Waals surface area contributed by atoms with Crippen molar-refractivity contribution in [2.45, 2.75) is 39.2 Å². The molecule has 2 saturated heterocycles. The van der Waals surface area contributed by atoms with Gasteiger partial charge in [-0.25, -0.2) is 0 Å². The molecule has 1 aromatic heterocycles. The first-order valence-corrected chi connectivity index (χ1v) is 12.3. The van der Waals surface area contributed by atoms with Crippen molar-refractivity contribution in [2.75, 3.05) is 52.9 Å². The molecule has 3 heterocycles. The molecule has 4 rings (SSSR count). The Kier molecular flexibility index (Phi) is 8.49. The van der Waals surface area contributed by atoms with Crippen LogP contribution in [0, 0.1) is 11.8 Å². The van der Waals surface area contributed by atoms with Gasteiger partial charge in [-0.15, -0.1) is 0 Å². The third-order valence-corrected chi connectivity index (χ3v) is 6.85. The minimum Gasteiger partial charge on any atom is -0.492 e. The summed E-state index contributed by atoms with van der Waals surface area (Å²) in [7, 11) is 2.18. The molecule has 32 heavy (non-hydrogen) atoms. The number of likely N-dealkylation sites (tertiary alicyclic amines) is 1. The van der Waals surface area contributed by atoms with Crippen molar-refractivity contribution in [3.63, 3.8) is 0 Å². The summed E-state index contributed by atoms with van der Waals surface area (Å²) in [6.07, 6.45) is 8.95. The number of aromatic nitrogens is 2. The van der Waals surface area contributed by atoms with Gasteiger partial charge in [0, 0.05) is 25.2 Å². The highest BCUT2D eigenvalue weighted by molar-refractivity contribution is 5.60. The lowest BCUT2D eigenvalue weighted by Crippen LogP contribution is -2.35. The molecule has 2 aromatic rings. The minimum absolute atomic E-state index is 0.728. The smallest absolute Gasteiger partial charge is 0.120 e. The van der Waals surface area contributed by atoms with E-state index in [1.54, 1.807) is 0 Å². The molecule has 2 aliphatic rings. The van der Waals surface area contributed by atoms with Crippen molar-refractivity contribution >= 4 is 0 Å². The number of nitrogens with zero attached hydrogens (tertiary/aromatic N) is 4. The van der Waals surface area contributed by atoms with Gasteiger partial charge in [-0.2, -0.15) is 0 Å². The Morgan fingerprint density at radius 1 is 1.09 bits per heavy atom. The van der Waals surface area contributed by atoms with Gasteiger partial charge in [0.2, 0.25) is 0 Å². The van der Waals surface area contributed by atoms with Gasteiger partial charge < -0.3 is 15.0 Å². The monoisotopic (exact) mass is 437 g/mol. The third-order valence-electron chi connectivity index (χ3n) is 6.85. The van der Waals surface area contributed by atoms with Gasteiger partial charge in [0.15, 0.2) is 0 Å². The molecule has 2 fully saturated rings. The number of hydrogen-bond donors (Lipinski definition) is 1. The Hall–Kier alpha value is -2.02. The van der Waals surface area contributed by atoms with Gasteiger partial charge in [-0.1, -0.05) is 19.1 Å². The van der Waals surface area contributed by atoms with E-state index in [1.807, 2.05) is 24.5 Å². The fourth-order valence-electron chi connectivity index (χ4n) is 4.76. The van der Waals surface area contributed by atoms with Crippen molar-refractivity contribution in [3.8, 4) is 17.0 Å². The average molecular weight is 438 g/mol. The van der Waals surface area contributed by atoms with Crippen LogP contribution in [0.5, 0.6) is 5.75 Å². The molecule has 1 aromatic carbocycles. The molecule has 6 heteroatoms. The lowest BCUT2D eigenvalue weighted by molar-refractivity contribution is 0.160. The molecule has 2 aliphatic heterocycles. The Bertz CT molecular complexity index is 813. The molecular formula is C26H39N5O. The van der Waals surface area contributed by atoms with Crippen LogP contribution >= 0.6 is 0 Å². The summed E-state index contributed by atoms with van der Waals surface area (Å²) in [6, 6.07) is 8.21. The quantitative estimate of drug-likeness (QED) is 0.646. The van der Waals surface area contributed by atoms with Crippen LogP contribution in [-0.2, 0) is 6.54 Å². The number of piperidine rings is 2. The molecule has 0 unspecified atom stereocenters. The summed E-state index contributed by atoms with van der Waals surface area (Å²) in [4.78, 5) is 14.3. The maximum Gasteiger partial charge on any atom is 0.120 e. The topological polar surface area (TPSA) is 53.5 Å². The number of nitrogens with one attached hydrogen (secondary N) is 1. The summed E-state index contributed by atoms with van der Waals surface area (Å²) in [5.74, 6) is 2.56. The predicted molar refractivity (Wildman–Crippen MR) is 130 cm³/mol. The van der Waals surface area contributed by atoms with Gasteiger partial charge in [0.05, 0.1) is 23.8 Å². The van der Waals surface area contributed by atoms with E-state index in [9.17, 15) is 0 Å². The lowest BCUT2D eigenvalue weighted by atomic mass is 9.98. The Morgan fingerprint density at radius 2 is 1.91 bits per heavy atom. The summed E-state index contributed by atoms with van der Waals surface area (Å²) >= 11 is 0. The van der Waals surface area contributed by atoms with Crippen molar-refractivity contribution in [3.05, 3.63) is 42.4 Å². The SMILES string of the molecule is CC1CCN(CCOc2cccc(-c3cnc(CN(C)CC4CCNCC4)cn3)c2)CC1. The number of benzene rings is 1. The van der Waals surface area contributed by atoms with Crippen LogP contribution in [-0.4, -0.2) is 72.7 Å². The van der Waals surface area contributed by atoms with Crippen LogP contribution in [0.4, 0.5) is 0 Å². The van der Waals surface area contributed by atoms with E-state index in [2.05, 4.69) is 51.2 Å². The maximum absolute atomic E-state index is 6.05. The second kappa shape index (κ2) is 11.7. The van der Waals surface area contributed by atoms with Crippen molar-refractivity contribution < 1.29 is 4.74 Å². The number of rotatable bonds is 9. The highest BCUT2D eigenvalue weighted by atomic mass is 16.5. The average Bonchev–Trinajstić information content (AvgIpc) is 2.82. The van der Waals surface area contributed by atoms with Crippen LogP contribution < -0.4 is 10.1 Å².